The zero-order valence-corrected chi connectivity index (χ0v) is 10.4. The highest BCUT2D eigenvalue weighted by molar-refractivity contribution is 5.20. The second kappa shape index (κ2) is 6.25. The van der Waals surface area contributed by atoms with Crippen LogP contribution in [0, 0.1) is 5.92 Å². The average Bonchev–Trinajstić information content (AvgIpc) is 2.89. The van der Waals surface area contributed by atoms with E-state index in [9.17, 15) is 8.78 Å². The van der Waals surface area contributed by atoms with Crippen molar-refractivity contribution in [1.29, 1.82) is 0 Å². The van der Waals surface area contributed by atoms with Gasteiger partial charge in [0, 0.05) is 18.8 Å². The van der Waals surface area contributed by atoms with E-state index in [4.69, 9.17) is 4.74 Å². The van der Waals surface area contributed by atoms with Gasteiger partial charge < -0.3 is 10.1 Å². The van der Waals surface area contributed by atoms with Gasteiger partial charge in [-0.05, 0) is 25.3 Å². The van der Waals surface area contributed by atoms with E-state index in [1.807, 2.05) is 0 Å². The van der Waals surface area contributed by atoms with Crippen LogP contribution in [0.5, 0.6) is 0 Å². The minimum absolute atomic E-state index is 0.0710. The molecule has 1 aromatic carbocycles. The molecular weight excluding hydrogens is 236 g/mol. The number of rotatable bonds is 6. The summed E-state index contributed by atoms with van der Waals surface area (Å²) < 4.78 is 32.8. The quantitative estimate of drug-likeness (QED) is 0.789. The molecule has 100 valence electrons. The summed E-state index contributed by atoms with van der Waals surface area (Å²) in [4.78, 5) is 0. The lowest BCUT2D eigenvalue weighted by molar-refractivity contribution is -0.00323. The van der Waals surface area contributed by atoms with Crippen molar-refractivity contribution in [1.82, 2.24) is 5.32 Å². The first kappa shape index (κ1) is 13.4. The molecule has 0 saturated carbocycles. The smallest absolute Gasteiger partial charge is 0.285 e. The van der Waals surface area contributed by atoms with Crippen LogP contribution in [0.3, 0.4) is 0 Å². The van der Waals surface area contributed by atoms with E-state index in [1.165, 1.54) is 12.1 Å². The summed E-state index contributed by atoms with van der Waals surface area (Å²) in [6.45, 7) is 1.91. The van der Waals surface area contributed by atoms with Crippen LogP contribution in [0.1, 0.15) is 18.4 Å². The maximum absolute atomic E-state index is 13.8. The Balaban J connectivity index is 1.71. The zero-order chi connectivity index (χ0) is 12.8. The number of halogens is 2. The molecule has 1 N–H and O–H groups in total. The van der Waals surface area contributed by atoms with E-state index in [0.717, 1.165) is 26.1 Å². The lowest BCUT2D eigenvalue weighted by atomic mass is 10.1. The molecule has 1 atom stereocenters. The molecule has 1 aromatic rings. The fraction of sp³-hybridized carbons (Fsp3) is 0.571. The number of hydrogen-bond donors (Lipinski definition) is 1. The van der Waals surface area contributed by atoms with E-state index < -0.39 is 5.92 Å². The molecule has 0 bridgehead atoms. The normalized spacial score (nSPS) is 20.2. The van der Waals surface area contributed by atoms with Crippen LogP contribution in [0.4, 0.5) is 8.78 Å². The van der Waals surface area contributed by atoms with Crippen molar-refractivity contribution >= 4 is 0 Å². The Hall–Kier alpha value is -1.00. The number of alkyl halides is 2. The second-order valence-electron chi connectivity index (χ2n) is 4.77. The van der Waals surface area contributed by atoms with Gasteiger partial charge in [0.1, 0.15) is 0 Å². The SMILES string of the molecule is FC(F)(CNCCC1CCOC1)c1ccccc1. The summed E-state index contributed by atoms with van der Waals surface area (Å²) >= 11 is 0. The highest BCUT2D eigenvalue weighted by Gasteiger charge is 2.30. The molecular formula is C14H19F2NO. The minimum atomic E-state index is -2.80. The van der Waals surface area contributed by atoms with Crippen molar-refractivity contribution in [2.24, 2.45) is 5.92 Å². The summed E-state index contributed by atoms with van der Waals surface area (Å²) in [5.74, 6) is -2.27. The Kier molecular flexibility index (Phi) is 4.66. The summed E-state index contributed by atoms with van der Waals surface area (Å²) in [6, 6.07) is 7.95. The van der Waals surface area contributed by atoms with Crippen LogP contribution < -0.4 is 5.32 Å². The first-order chi connectivity index (χ1) is 8.68. The van der Waals surface area contributed by atoms with E-state index in [1.54, 1.807) is 18.2 Å². The third-order valence-corrected chi connectivity index (χ3v) is 3.30. The Morgan fingerprint density at radius 2 is 2.06 bits per heavy atom. The minimum Gasteiger partial charge on any atom is -0.381 e. The number of hydrogen-bond acceptors (Lipinski definition) is 2. The molecule has 4 heteroatoms. The van der Waals surface area contributed by atoms with Crippen molar-refractivity contribution in [3.05, 3.63) is 35.9 Å². The van der Waals surface area contributed by atoms with Crippen molar-refractivity contribution in [3.63, 3.8) is 0 Å². The Bertz CT molecular complexity index is 350. The van der Waals surface area contributed by atoms with Crippen LogP contribution in [-0.4, -0.2) is 26.3 Å². The molecule has 1 unspecified atom stereocenters. The molecule has 0 spiro atoms. The van der Waals surface area contributed by atoms with E-state index >= 15 is 0 Å². The van der Waals surface area contributed by atoms with Crippen molar-refractivity contribution in [2.75, 3.05) is 26.3 Å². The van der Waals surface area contributed by atoms with Crippen molar-refractivity contribution in [3.8, 4) is 0 Å². The van der Waals surface area contributed by atoms with Gasteiger partial charge in [0.05, 0.1) is 6.54 Å². The Morgan fingerprint density at radius 3 is 2.72 bits per heavy atom. The van der Waals surface area contributed by atoms with Crippen molar-refractivity contribution in [2.45, 2.75) is 18.8 Å². The summed E-state index contributed by atoms with van der Waals surface area (Å²) in [5, 5.41) is 2.85. The van der Waals surface area contributed by atoms with Gasteiger partial charge in [-0.2, -0.15) is 8.78 Å². The number of nitrogens with one attached hydrogen (secondary N) is 1. The van der Waals surface area contributed by atoms with Crippen LogP contribution in [0.15, 0.2) is 30.3 Å². The Labute approximate surface area is 106 Å². The van der Waals surface area contributed by atoms with Gasteiger partial charge in [-0.25, -0.2) is 0 Å². The molecule has 0 aliphatic carbocycles. The Morgan fingerprint density at radius 1 is 1.28 bits per heavy atom. The molecule has 1 saturated heterocycles. The lowest BCUT2D eigenvalue weighted by Crippen LogP contribution is -2.32. The van der Waals surface area contributed by atoms with Gasteiger partial charge in [-0.15, -0.1) is 0 Å². The molecule has 1 fully saturated rings. The average molecular weight is 255 g/mol. The van der Waals surface area contributed by atoms with E-state index in [2.05, 4.69) is 5.32 Å². The molecule has 1 aliphatic rings. The predicted octanol–water partition coefficient (Wildman–Crippen LogP) is 2.79. The molecule has 0 amide bonds. The third kappa shape index (κ3) is 3.75. The van der Waals surface area contributed by atoms with Crippen LogP contribution in [0.25, 0.3) is 0 Å². The first-order valence-electron chi connectivity index (χ1n) is 6.40. The van der Waals surface area contributed by atoms with Gasteiger partial charge in [-0.1, -0.05) is 30.3 Å². The van der Waals surface area contributed by atoms with Gasteiger partial charge in [0.25, 0.3) is 5.92 Å². The van der Waals surface area contributed by atoms with Gasteiger partial charge in [0.15, 0.2) is 0 Å². The molecule has 0 radical (unpaired) electrons. The summed E-state index contributed by atoms with van der Waals surface area (Å²) in [6.07, 6.45) is 1.96. The van der Waals surface area contributed by atoms with Crippen LogP contribution in [-0.2, 0) is 10.7 Å². The molecule has 2 rings (SSSR count). The highest BCUT2D eigenvalue weighted by Crippen LogP contribution is 2.26. The highest BCUT2D eigenvalue weighted by atomic mass is 19.3. The maximum atomic E-state index is 13.8. The topological polar surface area (TPSA) is 21.3 Å². The van der Waals surface area contributed by atoms with E-state index in [-0.39, 0.29) is 12.1 Å². The van der Waals surface area contributed by atoms with Gasteiger partial charge >= 0.3 is 0 Å². The number of ether oxygens (including phenoxy) is 1. The molecule has 1 aliphatic heterocycles. The predicted molar refractivity (Wildman–Crippen MR) is 66.7 cm³/mol. The second-order valence-corrected chi connectivity index (χ2v) is 4.77. The zero-order valence-electron chi connectivity index (χ0n) is 10.4. The van der Waals surface area contributed by atoms with Crippen molar-refractivity contribution < 1.29 is 13.5 Å². The standard InChI is InChI=1S/C14H19F2NO/c15-14(16,13-4-2-1-3-5-13)11-17-8-6-12-7-9-18-10-12/h1-5,12,17H,6-11H2. The molecule has 1 heterocycles. The molecule has 2 nitrogen and oxygen atoms in total. The third-order valence-electron chi connectivity index (χ3n) is 3.30. The van der Waals surface area contributed by atoms with Gasteiger partial charge in [-0.3, -0.25) is 0 Å². The summed E-state index contributed by atoms with van der Waals surface area (Å²) in [7, 11) is 0. The largest absolute Gasteiger partial charge is 0.381 e. The monoisotopic (exact) mass is 255 g/mol. The number of benzene rings is 1. The first-order valence-corrected chi connectivity index (χ1v) is 6.40. The maximum Gasteiger partial charge on any atom is 0.285 e. The fourth-order valence-corrected chi connectivity index (χ4v) is 2.15. The summed E-state index contributed by atoms with van der Waals surface area (Å²) in [5.41, 5.74) is 0.0710. The van der Waals surface area contributed by atoms with Crippen LogP contribution in [0.2, 0.25) is 0 Å². The lowest BCUT2D eigenvalue weighted by Gasteiger charge is -2.18. The molecule has 18 heavy (non-hydrogen) atoms. The van der Waals surface area contributed by atoms with Gasteiger partial charge in [0.2, 0.25) is 0 Å². The molecule has 0 aromatic heterocycles. The fourth-order valence-electron chi connectivity index (χ4n) is 2.15. The van der Waals surface area contributed by atoms with E-state index in [0.29, 0.717) is 12.5 Å². The van der Waals surface area contributed by atoms with Crippen LogP contribution >= 0.6 is 0 Å².